The number of allylic oxidation sites excluding steroid dienone is 2. The van der Waals surface area contributed by atoms with Gasteiger partial charge in [0.25, 0.3) is 0 Å². The zero-order chi connectivity index (χ0) is 18.4. The summed E-state index contributed by atoms with van der Waals surface area (Å²) in [4.78, 5) is 4.37. The number of hydrogen-bond acceptors (Lipinski definition) is 3. The Hall–Kier alpha value is -2.33. The van der Waals surface area contributed by atoms with E-state index in [2.05, 4.69) is 16.9 Å². The van der Waals surface area contributed by atoms with Crippen molar-refractivity contribution in [2.45, 2.75) is 26.4 Å². The Morgan fingerprint density at radius 1 is 1.28 bits per heavy atom. The van der Waals surface area contributed by atoms with Gasteiger partial charge in [-0.1, -0.05) is 62.4 Å². The van der Waals surface area contributed by atoms with Crippen LogP contribution in [0.2, 0.25) is 5.02 Å². The number of aromatic nitrogens is 1. The SMILES string of the molecule is C=C1NC(c2ncc(OC)cc2Cl)=C(c2ccccc2)CC1F.CC. The summed E-state index contributed by atoms with van der Waals surface area (Å²) >= 11 is 6.34. The first-order valence-corrected chi connectivity index (χ1v) is 8.56. The van der Waals surface area contributed by atoms with Crippen LogP contribution in [-0.4, -0.2) is 18.3 Å². The van der Waals surface area contributed by atoms with Crippen molar-refractivity contribution < 1.29 is 9.13 Å². The van der Waals surface area contributed by atoms with Crippen LogP contribution in [0.4, 0.5) is 4.39 Å². The Balaban J connectivity index is 0.00000109. The Labute approximate surface area is 153 Å². The van der Waals surface area contributed by atoms with Crippen LogP contribution < -0.4 is 10.1 Å². The quantitative estimate of drug-likeness (QED) is 0.786. The largest absolute Gasteiger partial charge is 0.495 e. The van der Waals surface area contributed by atoms with Gasteiger partial charge in [0.1, 0.15) is 17.6 Å². The minimum Gasteiger partial charge on any atom is -0.495 e. The number of benzene rings is 1. The van der Waals surface area contributed by atoms with Crippen LogP contribution in [-0.2, 0) is 0 Å². The second-order valence-electron chi connectivity index (χ2n) is 5.25. The van der Waals surface area contributed by atoms with Crippen LogP contribution in [0.3, 0.4) is 0 Å². The van der Waals surface area contributed by atoms with E-state index in [-0.39, 0.29) is 6.42 Å². The molecular weight excluding hydrogens is 339 g/mol. The molecule has 1 aromatic carbocycles. The number of methoxy groups -OCH3 is 1. The van der Waals surface area contributed by atoms with E-state index in [1.165, 1.54) is 0 Å². The van der Waals surface area contributed by atoms with E-state index in [0.717, 1.165) is 11.1 Å². The molecule has 1 atom stereocenters. The maximum absolute atomic E-state index is 14.2. The van der Waals surface area contributed by atoms with Crippen LogP contribution in [0.25, 0.3) is 11.3 Å². The fraction of sp³-hybridized carbons (Fsp3) is 0.250. The Bertz CT molecular complexity index is 775. The molecule has 1 N–H and O–H groups in total. The summed E-state index contributed by atoms with van der Waals surface area (Å²) in [6.07, 6.45) is 0.670. The molecule has 0 aliphatic carbocycles. The predicted octanol–water partition coefficient (Wildman–Crippen LogP) is 5.48. The van der Waals surface area contributed by atoms with Crippen LogP contribution in [0.15, 0.2) is 54.9 Å². The van der Waals surface area contributed by atoms with Crippen molar-refractivity contribution in [2.24, 2.45) is 0 Å². The van der Waals surface area contributed by atoms with Gasteiger partial charge in [-0.05, 0) is 11.1 Å². The molecule has 1 unspecified atom stereocenters. The van der Waals surface area contributed by atoms with Crippen LogP contribution in [0.1, 0.15) is 31.5 Å². The van der Waals surface area contributed by atoms with Crippen molar-refractivity contribution in [3.05, 3.63) is 71.2 Å². The molecule has 0 fully saturated rings. The van der Waals surface area contributed by atoms with Crippen molar-refractivity contribution in [1.82, 2.24) is 10.3 Å². The molecule has 0 amide bonds. The van der Waals surface area contributed by atoms with Gasteiger partial charge in [0.2, 0.25) is 0 Å². The van der Waals surface area contributed by atoms with Crippen LogP contribution >= 0.6 is 11.6 Å². The van der Waals surface area contributed by atoms with Gasteiger partial charge in [-0.15, -0.1) is 0 Å². The Morgan fingerprint density at radius 2 is 1.96 bits per heavy atom. The summed E-state index contributed by atoms with van der Waals surface area (Å²) in [5.74, 6) is 0.568. The highest BCUT2D eigenvalue weighted by molar-refractivity contribution is 6.32. The fourth-order valence-corrected chi connectivity index (χ4v) is 2.79. The van der Waals surface area contributed by atoms with Gasteiger partial charge in [0.05, 0.1) is 24.0 Å². The molecule has 5 heteroatoms. The Morgan fingerprint density at radius 3 is 2.56 bits per heavy atom. The molecule has 1 aromatic heterocycles. The third kappa shape index (κ3) is 4.20. The number of nitrogens with zero attached hydrogens (tertiary/aromatic N) is 1. The van der Waals surface area contributed by atoms with Crippen molar-refractivity contribution in [3.63, 3.8) is 0 Å². The third-order valence-electron chi connectivity index (χ3n) is 3.76. The van der Waals surface area contributed by atoms with Gasteiger partial charge in [-0.25, -0.2) is 9.37 Å². The third-order valence-corrected chi connectivity index (χ3v) is 4.05. The van der Waals surface area contributed by atoms with Gasteiger partial charge >= 0.3 is 0 Å². The second kappa shape index (κ2) is 8.67. The fourth-order valence-electron chi connectivity index (χ4n) is 2.54. The summed E-state index contributed by atoms with van der Waals surface area (Å²) < 4.78 is 19.3. The zero-order valence-corrected chi connectivity index (χ0v) is 15.4. The summed E-state index contributed by atoms with van der Waals surface area (Å²) in [7, 11) is 1.55. The monoisotopic (exact) mass is 360 g/mol. The van der Waals surface area contributed by atoms with Gasteiger partial charge in [-0.3, -0.25) is 0 Å². The second-order valence-corrected chi connectivity index (χ2v) is 5.65. The van der Waals surface area contributed by atoms with E-state index in [4.69, 9.17) is 16.3 Å². The van der Waals surface area contributed by atoms with Crippen molar-refractivity contribution in [3.8, 4) is 5.75 Å². The number of pyridine rings is 1. The summed E-state index contributed by atoms with van der Waals surface area (Å²) in [5.41, 5.74) is 3.30. The molecule has 132 valence electrons. The lowest BCUT2D eigenvalue weighted by Gasteiger charge is -2.27. The molecule has 3 rings (SSSR count). The zero-order valence-electron chi connectivity index (χ0n) is 14.6. The molecule has 3 nitrogen and oxygen atoms in total. The van der Waals surface area contributed by atoms with E-state index >= 15 is 0 Å². The van der Waals surface area contributed by atoms with E-state index in [1.807, 2.05) is 44.2 Å². The number of ether oxygens (including phenoxy) is 1. The average Bonchev–Trinajstić information content (AvgIpc) is 2.66. The van der Waals surface area contributed by atoms with Crippen molar-refractivity contribution in [2.75, 3.05) is 7.11 Å². The molecule has 2 aromatic rings. The molecule has 25 heavy (non-hydrogen) atoms. The highest BCUT2D eigenvalue weighted by Gasteiger charge is 2.27. The molecule has 0 spiro atoms. The van der Waals surface area contributed by atoms with Crippen molar-refractivity contribution >= 4 is 22.9 Å². The van der Waals surface area contributed by atoms with Gasteiger partial charge in [0, 0.05) is 18.2 Å². The van der Waals surface area contributed by atoms with E-state index < -0.39 is 6.17 Å². The number of rotatable bonds is 3. The standard InChI is InChI=1S/C18H16ClFN2O.C2H6/c1-11-16(20)9-14(12-6-4-3-5-7-12)17(22-11)18-15(19)8-13(23-2)10-21-18;1-2/h3-8,10,16,22H,1,9H2,2H3;1-2H3. The lowest BCUT2D eigenvalue weighted by atomic mass is 9.92. The first-order chi connectivity index (χ1) is 12.1. The lowest BCUT2D eigenvalue weighted by Crippen LogP contribution is -2.26. The van der Waals surface area contributed by atoms with E-state index in [1.54, 1.807) is 19.4 Å². The van der Waals surface area contributed by atoms with Gasteiger partial charge < -0.3 is 10.1 Å². The summed E-state index contributed by atoms with van der Waals surface area (Å²) in [5, 5.41) is 3.47. The smallest absolute Gasteiger partial charge is 0.143 e. The minimum absolute atomic E-state index is 0.231. The minimum atomic E-state index is -1.15. The number of alkyl halides is 1. The van der Waals surface area contributed by atoms with Gasteiger partial charge in [-0.2, -0.15) is 0 Å². The van der Waals surface area contributed by atoms with Crippen molar-refractivity contribution in [1.29, 1.82) is 0 Å². The normalized spacial score (nSPS) is 16.7. The van der Waals surface area contributed by atoms with Gasteiger partial charge in [0.15, 0.2) is 0 Å². The maximum Gasteiger partial charge on any atom is 0.143 e. The first kappa shape index (κ1) is 19.0. The molecule has 2 heterocycles. The van der Waals surface area contributed by atoms with E-state index in [9.17, 15) is 4.39 Å². The maximum atomic E-state index is 14.2. The average molecular weight is 361 g/mol. The molecule has 0 saturated heterocycles. The number of halogens is 2. The highest BCUT2D eigenvalue weighted by atomic mass is 35.5. The number of nitrogens with one attached hydrogen (secondary N) is 1. The van der Waals surface area contributed by atoms with E-state index in [0.29, 0.717) is 27.9 Å². The molecule has 0 bridgehead atoms. The summed E-state index contributed by atoms with van der Waals surface area (Å²) in [6.45, 7) is 7.75. The van der Waals surface area contributed by atoms with Crippen LogP contribution in [0.5, 0.6) is 5.75 Å². The molecule has 1 aliphatic heterocycles. The molecule has 0 radical (unpaired) electrons. The molecular formula is C20H22ClFN2O. The topological polar surface area (TPSA) is 34.2 Å². The lowest BCUT2D eigenvalue weighted by molar-refractivity contribution is 0.374. The summed E-state index contributed by atoms with van der Waals surface area (Å²) in [6, 6.07) is 11.3. The van der Waals surface area contributed by atoms with Crippen LogP contribution in [0, 0.1) is 0 Å². The molecule has 1 aliphatic rings. The first-order valence-electron chi connectivity index (χ1n) is 8.18. The highest BCUT2D eigenvalue weighted by Crippen LogP contribution is 2.37. The predicted molar refractivity (Wildman–Crippen MR) is 102 cm³/mol. The number of hydrogen-bond donors (Lipinski definition) is 1. The molecule has 0 saturated carbocycles. The Kier molecular flexibility index (Phi) is 6.59.